The molecule has 0 fully saturated rings. The number of aromatic carboxylic acids is 1. The van der Waals surface area contributed by atoms with E-state index in [1.165, 1.54) is 29.6 Å². The number of hydrogen-bond acceptors (Lipinski definition) is 5. The molecule has 124 valence electrons. The maximum absolute atomic E-state index is 10.9. The van der Waals surface area contributed by atoms with Gasteiger partial charge in [-0.3, -0.25) is 0 Å². The number of methoxy groups -OCH3 is 1. The Bertz CT molecular complexity index is 654. The molecule has 0 aliphatic heterocycles. The summed E-state index contributed by atoms with van der Waals surface area (Å²) in [6, 6.07) is 5.52. The summed E-state index contributed by atoms with van der Waals surface area (Å²) in [6.07, 6.45) is 4.54. The first-order valence-corrected chi connectivity index (χ1v) is 8.53. The monoisotopic (exact) mass is 335 g/mol. The zero-order valence-electron chi connectivity index (χ0n) is 13.4. The lowest BCUT2D eigenvalue weighted by molar-refractivity contribution is 0.0691. The Labute approximate surface area is 139 Å². The van der Waals surface area contributed by atoms with E-state index in [0.29, 0.717) is 23.1 Å². The molecule has 0 saturated carbocycles. The number of carboxylic acid groups (broad SMARTS) is 1. The van der Waals surface area contributed by atoms with Crippen LogP contribution in [0.15, 0.2) is 23.6 Å². The molecule has 0 unspecified atom stereocenters. The van der Waals surface area contributed by atoms with E-state index in [2.05, 4.69) is 11.9 Å². The molecule has 0 atom stereocenters. The topological polar surface area (TPSA) is 68.7 Å². The normalized spacial score (nSPS) is 10.5. The maximum atomic E-state index is 10.9. The first-order valence-electron chi connectivity index (χ1n) is 7.65. The number of rotatable bonds is 9. The van der Waals surface area contributed by atoms with E-state index in [0.717, 1.165) is 18.4 Å². The first-order chi connectivity index (χ1) is 11.2. The van der Waals surface area contributed by atoms with Crippen molar-refractivity contribution in [1.82, 2.24) is 4.98 Å². The highest BCUT2D eigenvalue weighted by atomic mass is 32.1. The predicted octanol–water partition coefficient (Wildman–Crippen LogP) is 4.48. The number of aromatic nitrogens is 1. The minimum atomic E-state index is -1.02. The molecular formula is C17H21NO4S. The fourth-order valence-corrected chi connectivity index (χ4v) is 2.93. The van der Waals surface area contributed by atoms with Crippen LogP contribution in [0.5, 0.6) is 11.5 Å². The molecule has 0 aliphatic carbocycles. The largest absolute Gasteiger partial charge is 0.493 e. The molecular weight excluding hydrogens is 314 g/mol. The molecule has 6 heteroatoms. The predicted molar refractivity (Wildman–Crippen MR) is 90.7 cm³/mol. The molecule has 0 amide bonds. The van der Waals surface area contributed by atoms with Crippen LogP contribution in [-0.4, -0.2) is 29.8 Å². The summed E-state index contributed by atoms with van der Waals surface area (Å²) in [4.78, 5) is 15.1. The van der Waals surface area contributed by atoms with E-state index in [9.17, 15) is 4.79 Å². The third-order valence-corrected chi connectivity index (χ3v) is 4.28. The number of carbonyl (C=O) groups is 1. The van der Waals surface area contributed by atoms with Crippen molar-refractivity contribution in [3.63, 3.8) is 0 Å². The summed E-state index contributed by atoms with van der Waals surface area (Å²) in [5, 5.41) is 11.2. The molecule has 2 aromatic rings. The standard InChI is InChI=1S/C17H21NO4S/c1-3-4-5-6-9-22-15-10-12(7-8-14(15)21-2)16-18-13(11-23-16)17(19)20/h7-8,10-11H,3-6,9H2,1-2H3,(H,19,20). The van der Waals surface area contributed by atoms with Crippen LogP contribution in [0.4, 0.5) is 0 Å². The van der Waals surface area contributed by atoms with E-state index in [-0.39, 0.29) is 5.69 Å². The second-order valence-electron chi connectivity index (χ2n) is 5.12. The van der Waals surface area contributed by atoms with Gasteiger partial charge in [0.1, 0.15) is 5.01 Å². The molecule has 1 heterocycles. The smallest absolute Gasteiger partial charge is 0.355 e. The number of thiazole rings is 1. The Kier molecular flexibility index (Phi) is 6.40. The molecule has 1 aromatic carbocycles. The van der Waals surface area contributed by atoms with Gasteiger partial charge in [-0.1, -0.05) is 26.2 Å². The fourth-order valence-electron chi connectivity index (χ4n) is 2.14. The molecule has 23 heavy (non-hydrogen) atoms. The van der Waals surface area contributed by atoms with E-state index < -0.39 is 5.97 Å². The van der Waals surface area contributed by atoms with Crippen molar-refractivity contribution in [1.29, 1.82) is 0 Å². The van der Waals surface area contributed by atoms with Crippen LogP contribution in [0.25, 0.3) is 10.6 Å². The quantitative estimate of drug-likeness (QED) is 0.684. The van der Waals surface area contributed by atoms with Crippen LogP contribution in [0.1, 0.15) is 43.1 Å². The van der Waals surface area contributed by atoms with Gasteiger partial charge >= 0.3 is 5.97 Å². The van der Waals surface area contributed by atoms with Gasteiger partial charge in [-0.25, -0.2) is 9.78 Å². The third kappa shape index (κ3) is 4.69. The van der Waals surface area contributed by atoms with Gasteiger partial charge in [-0.15, -0.1) is 11.3 Å². The number of benzene rings is 1. The highest BCUT2D eigenvalue weighted by molar-refractivity contribution is 7.13. The third-order valence-electron chi connectivity index (χ3n) is 3.39. The highest BCUT2D eigenvalue weighted by Gasteiger charge is 2.13. The minimum Gasteiger partial charge on any atom is -0.493 e. The van der Waals surface area contributed by atoms with Gasteiger partial charge < -0.3 is 14.6 Å². The maximum Gasteiger partial charge on any atom is 0.355 e. The van der Waals surface area contributed by atoms with Crippen LogP contribution in [0.3, 0.4) is 0 Å². The Hall–Kier alpha value is -2.08. The van der Waals surface area contributed by atoms with Crippen molar-refractivity contribution in [2.75, 3.05) is 13.7 Å². The Balaban J connectivity index is 2.12. The molecule has 2 rings (SSSR count). The zero-order valence-corrected chi connectivity index (χ0v) is 14.2. The molecule has 0 saturated heterocycles. The summed E-state index contributed by atoms with van der Waals surface area (Å²) in [5.74, 6) is 0.307. The van der Waals surface area contributed by atoms with E-state index in [1.54, 1.807) is 7.11 Å². The Morgan fingerprint density at radius 3 is 2.74 bits per heavy atom. The number of ether oxygens (including phenoxy) is 2. The number of hydrogen-bond donors (Lipinski definition) is 1. The van der Waals surface area contributed by atoms with Crippen LogP contribution in [0, 0.1) is 0 Å². The molecule has 5 nitrogen and oxygen atoms in total. The van der Waals surface area contributed by atoms with Crippen LogP contribution in [-0.2, 0) is 0 Å². The average molecular weight is 335 g/mol. The van der Waals surface area contributed by atoms with Crippen LogP contribution in [0.2, 0.25) is 0 Å². The zero-order chi connectivity index (χ0) is 16.7. The summed E-state index contributed by atoms with van der Waals surface area (Å²) in [7, 11) is 1.60. The van der Waals surface area contributed by atoms with Gasteiger partial charge in [-0.2, -0.15) is 0 Å². The lowest BCUT2D eigenvalue weighted by atomic mass is 10.2. The van der Waals surface area contributed by atoms with Crippen molar-refractivity contribution >= 4 is 17.3 Å². The molecule has 1 aromatic heterocycles. The molecule has 1 N–H and O–H groups in total. The molecule has 0 radical (unpaired) electrons. The van der Waals surface area contributed by atoms with Gasteiger partial charge in [0.15, 0.2) is 17.2 Å². The molecule has 0 spiro atoms. The van der Waals surface area contributed by atoms with Gasteiger partial charge in [0, 0.05) is 10.9 Å². The first kappa shape index (κ1) is 17.3. The second-order valence-corrected chi connectivity index (χ2v) is 5.98. The van der Waals surface area contributed by atoms with Gasteiger partial charge in [0.2, 0.25) is 0 Å². The second kappa shape index (κ2) is 8.53. The summed E-state index contributed by atoms with van der Waals surface area (Å²) in [5.41, 5.74) is 0.884. The lowest BCUT2D eigenvalue weighted by Crippen LogP contribution is -2.00. The highest BCUT2D eigenvalue weighted by Crippen LogP contribution is 2.34. The van der Waals surface area contributed by atoms with E-state index in [1.807, 2.05) is 18.2 Å². The lowest BCUT2D eigenvalue weighted by Gasteiger charge is -2.11. The van der Waals surface area contributed by atoms with E-state index in [4.69, 9.17) is 14.6 Å². The van der Waals surface area contributed by atoms with Crippen LogP contribution < -0.4 is 9.47 Å². The van der Waals surface area contributed by atoms with E-state index >= 15 is 0 Å². The van der Waals surface area contributed by atoms with Crippen LogP contribution >= 0.6 is 11.3 Å². The number of carboxylic acids is 1. The Morgan fingerprint density at radius 1 is 1.26 bits per heavy atom. The summed E-state index contributed by atoms with van der Waals surface area (Å²) in [6.45, 7) is 2.81. The van der Waals surface area contributed by atoms with Crippen molar-refractivity contribution in [3.8, 4) is 22.1 Å². The van der Waals surface area contributed by atoms with Crippen molar-refractivity contribution in [3.05, 3.63) is 29.3 Å². The minimum absolute atomic E-state index is 0.0582. The van der Waals surface area contributed by atoms with Crippen molar-refractivity contribution in [2.24, 2.45) is 0 Å². The Morgan fingerprint density at radius 2 is 2.09 bits per heavy atom. The number of nitrogens with zero attached hydrogens (tertiary/aromatic N) is 1. The average Bonchev–Trinajstić information content (AvgIpc) is 3.05. The summed E-state index contributed by atoms with van der Waals surface area (Å²) >= 11 is 1.30. The molecule has 0 bridgehead atoms. The van der Waals surface area contributed by atoms with Gasteiger partial charge in [0.25, 0.3) is 0 Å². The van der Waals surface area contributed by atoms with Gasteiger partial charge in [-0.05, 0) is 24.6 Å². The summed E-state index contributed by atoms with van der Waals surface area (Å²) < 4.78 is 11.1. The number of unbranched alkanes of at least 4 members (excludes halogenated alkanes) is 3. The van der Waals surface area contributed by atoms with Crippen molar-refractivity contribution < 1.29 is 19.4 Å². The SMILES string of the molecule is CCCCCCOc1cc(-c2nc(C(=O)O)cs2)ccc1OC. The van der Waals surface area contributed by atoms with Crippen molar-refractivity contribution in [2.45, 2.75) is 32.6 Å². The van der Waals surface area contributed by atoms with Gasteiger partial charge in [0.05, 0.1) is 13.7 Å². The fraction of sp³-hybridized carbons (Fsp3) is 0.412. The molecule has 0 aliphatic rings.